The summed E-state index contributed by atoms with van der Waals surface area (Å²) in [7, 11) is 1.72. The molecule has 0 spiro atoms. The Morgan fingerprint density at radius 3 is 3.00 bits per heavy atom. The van der Waals surface area contributed by atoms with Gasteiger partial charge in [0, 0.05) is 20.1 Å². The van der Waals surface area contributed by atoms with E-state index in [0.717, 1.165) is 39.2 Å². The number of methoxy groups -OCH3 is 1. The Morgan fingerprint density at radius 2 is 2.27 bits per heavy atom. The number of aromatic nitrogens is 2. The molecule has 0 fully saturated rings. The standard InChI is InChI=1S/C11H20N2O2/c1-3-15-9-4-7-13-8-6-12-11(13)5-10-14-2/h6,8H,3-5,7,9-10H2,1-2H3/p+1. The first-order valence-electron chi connectivity index (χ1n) is 5.50. The lowest BCUT2D eigenvalue weighted by atomic mass is 10.4. The van der Waals surface area contributed by atoms with Gasteiger partial charge >= 0.3 is 0 Å². The highest BCUT2D eigenvalue weighted by Crippen LogP contribution is 1.91. The van der Waals surface area contributed by atoms with Crippen LogP contribution in [0.1, 0.15) is 19.2 Å². The molecule has 1 heterocycles. The number of nitrogens with zero attached hydrogens (tertiary/aromatic N) is 1. The summed E-state index contributed by atoms with van der Waals surface area (Å²) in [6, 6.07) is 0. The topological polar surface area (TPSA) is 38.1 Å². The first kappa shape index (κ1) is 12.2. The quantitative estimate of drug-likeness (QED) is 0.515. The summed E-state index contributed by atoms with van der Waals surface area (Å²) >= 11 is 0. The second-order valence-electron chi connectivity index (χ2n) is 3.39. The zero-order chi connectivity index (χ0) is 10.9. The van der Waals surface area contributed by atoms with Gasteiger partial charge in [-0.15, -0.1) is 0 Å². The van der Waals surface area contributed by atoms with Crippen LogP contribution in [0.25, 0.3) is 0 Å². The lowest BCUT2D eigenvalue weighted by molar-refractivity contribution is -0.703. The molecule has 0 atom stereocenters. The maximum atomic E-state index is 5.30. The second kappa shape index (κ2) is 7.43. The summed E-state index contributed by atoms with van der Waals surface area (Å²) in [5.74, 6) is 1.22. The van der Waals surface area contributed by atoms with Crippen LogP contribution in [-0.2, 0) is 22.4 Å². The molecule has 4 nitrogen and oxygen atoms in total. The van der Waals surface area contributed by atoms with E-state index >= 15 is 0 Å². The van der Waals surface area contributed by atoms with Gasteiger partial charge in [-0.1, -0.05) is 0 Å². The number of imidazole rings is 1. The molecule has 1 aromatic heterocycles. The van der Waals surface area contributed by atoms with E-state index < -0.39 is 0 Å². The van der Waals surface area contributed by atoms with Crippen molar-refractivity contribution in [2.24, 2.45) is 0 Å². The van der Waals surface area contributed by atoms with Crippen molar-refractivity contribution in [3.05, 3.63) is 18.2 Å². The number of hydrogen-bond donors (Lipinski definition) is 1. The largest absolute Gasteiger partial charge is 0.384 e. The minimum absolute atomic E-state index is 0.756. The molecule has 1 rings (SSSR count). The lowest BCUT2D eigenvalue weighted by Crippen LogP contribution is -2.37. The van der Waals surface area contributed by atoms with Crippen LogP contribution in [0.3, 0.4) is 0 Å². The third kappa shape index (κ3) is 4.44. The van der Waals surface area contributed by atoms with E-state index in [1.54, 1.807) is 7.11 Å². The maximum absolute atomic E-state index is 5.30. The first-order chi connectivity index (χ1) is 7.38. The highest BCUT2D eigenvalue weighted by Gasteiger charge is 2.08. The summed E-state index contributed by atoms with van der Waals surface area (Å²) in [4.78, 5) is 3.22. The van der Waals surface area contributed by atoms with Crippen LogP contribution in [-0.4, -0.2) is 31.9 Å². The average molecular weight is 213 g/mol. The zero-order valence-corrected chi connectivity index (χ0v) is 9.66. The first-order valence-corrected chi connectivity index (χ1v) is 5.50. The molecule has 1 N–H and O–H groups in total. The van der Waals surface area contributed by atoms with Crippen LogP contribution in [0.4, 0.5) is 0 Å². The van der Waals surface area contributed by atoms with Crippen LogP contribution >= 0.6 is 0 Å². The Labute approximate surface area is 91.2 Å². The molecule has 0 aliphatic rings. The molecule has 0 amide bonds. The molecule has 0 aliphatic heterocycles. The fourth-order valence-electron chi connectivity index (χ4n) is 1.50. The molecule has 0 radical (unpaired) electrons. The minimum Gasteiger partial charge on any atom is -0.384 e. The molecular weight excluding hydrogens is 192 g/mol. The van der Waals surface area contributed by atoms with E-state index in [9.17, 15) is 0 Å². The maximum Gasteiger partial charge on any atom is 0.256 e. The number of nitrogens with one attached hydrogen (secondary N) is 1. The molecule has 15 heavy (non-hydrogen) atoms. The highest BCUT2D eigenvalue weighted by molar-refractivity contribution is 4.77. The van der Waals surface area contributed by atoms with Crippen molar-refractivity contribution >= 4 is 0 Å². The fraction of sp³-hybridized carbons (Fsp3) is 0.727. The molecule has 0 unspecified atom stereocenters. The van der Waals surface area contributed by atoms with E-state index in [2.05, 4.69) is 15.7 Å². The van der Waals surface area contributed by atoms with Gasteiger partial charge in [0.25, 0.3) is 5.82 Å². The van der Waals surface area contributed by atoms with Gasteiger partial charge in [-0.3, -0.25) is 0 Å². The van der Waals surface area contributed by atoms with Gasteiger partial charge in [0.15, 0.2) is 0 Å². The van der Waals surface area contributed by atoms with Crippen LogP contribution in [0.5, 0.6) is 0 Å². The van der Waals surface area contributed by atoms with Gasteiger partial charge in [-0.2, -0.15) is 0 Å². The summed E-state index contributed by atoms with van der Waals surface area (Å²) in [5, 5.41) is 0. The Hall–Kier alpha value is -0.870. The number of hydrogen-bond acceptors (Lipinski definition) is 2. The number of ether oxygens (including phenoxy) is 2. The lowest BCUT2D eigenvalue weighted by Gasteiger charge is -2.01. The summed E-state index contributed by atoms with van der Waals surface area (Å²) in [6.45, 7) is 5.41. The van der Waals surface area contributed by atoms with Crippen LogP contribution in [0.2, 0.25) is 0 Å². The van der Waals surface area contributed by atoms with Gasteiger partial charge in [0.05, 0.1) is 26.2 Å². The van der Waals surface area contributed by atoms with Crippen molar-refractivity contribution < 1.29 is 14.0 Å². The SMILES string of the molecule is CCOCCC[n+]1cc[nH]c1CCOC. The Balaban J connectivity index is 2.29. The van der Waals surface area contributed by atoms with Crippen LogP contribution in [0.15, 0.2) is 12.4 Å². The van der Waals surface area contributed by atoms with Crippen molar-refractivity contribution in [3.63, 3.8) is 0 Å². The monoisotopic (exact) mass is 213 g/mol. The smallest absolute Gasteiger partial charge is 0.256 e. The Bertz CT molecular complexity index is 261. The van der Waals surface area contributed by atoms with Crippen LogP contribution in [0, 0.1) is 0 Å². The predicted octanol–water partition coefficient (Wildman–Crippen LogP) is 0.918. The molecule has 0 saturated heterocycles. The van der Waals surface area contributed by atoms with E-state index in [-0.39, 0.29) is 0 Å². The van der Waals surface area contributed by atoms with E-state index in [0.29, 0.717) is 0 Å². The van der Waals surface area contributed by atoms with Crippen LogP contribution < -0.4 is 4.57 Å². The molecule has 0 saturated carbocycles. The predicted molar refractivity (Wildman–Crippen MR) is 57.7 cm³/mol. The van der Waals surface area contributed by atoms with E-state index in [1.807, 2.05) is 13.1 Å². The van der Waals surface area contributed by atoms with E-state index in [4.69, 9.17) is 9.47 Å². The third-order valence-electron chi connectivity index (χ3n) is 2.29. The molecule has 1 aromatic rings. The molecular formula is C11H21N2O2+. The highest BCUT2D eigenvalue weighted by atomic mass is 16.5. The summed E-state index contributed by atoms with van der Waals surface area (Å²) in [5.41, 5.74) is 0. The number of aromatic amines is 1. The molecule has 86 valence electrons. The summed E-state index contributed by atoms with van der Waals surface area (Å²) in [6.07, 6.45) is 6.01. The summed E-state index contributed by atoms with van der Waals surface area (Å²) < 4.78 is 12.6. The molecule has 0 aromatic carbocycles. The van der Waals surface area contributed by atoms with Gasteiger partial charge in [0.2, 0.25) is 0 Å². The van der Waals surface area contributed by atoms with E-state index in [1.165, 1.54) is 5.82 Å². The van der Waals surface area contributed by atoms with Crippen molar-refractivity contribution in [1.82, 2.24) is 4.98 Å². The van der Waals surface area contributed by atoms with Gasteiger partial charge in [-0.25, -0.2) is 9.55 Å². The van der Waals surface area contributed by atoms with Gasteiger partial charge in [-0.05, 0) is 6.92 Å². The second-order valence-corrected chi connectivity index (χ2v) is 3.39. The Morgan fingerprint density at radius 1 is 1.40 bits per heavy atom. The zero-order valence-electron chi connectivity index (χ0n) is 9.66. The van der Waals surface area contributed by atoms with Crippen molar-refractivity contribution in [1.29, 1.82) is 0 Å². The third-order valence-corrected chi connectivity index (χ3v) is 2.29. The Kier molecular flexibility index (Phi) is 6.04. The van der Waals surface area contributed by atoms with Gasteiger partial charge in [0.1, 0.15) is 12.4 Å². The van der Waals surface area contributed by atoms with Gasteiger partial charge < -0.3 is 9.47 Å². The normalized spacial score (nSPS) is 10.8. The number of aryl methyl sites for hydroxylation is 1. The fourth-order valence-corrected chi connectivity index (χ4v) is 1.50. The number of H-pyrrole nitrogens is 1. The molecule has 0 bridgehead atoms. The molecule has 0 aliphatic carbocycles. The van der Waals surface area contributed by atoms with Crippen molar-refractivity contribution in [2.75, 3.05) is 26.9 Å². The number of rotatable bonds is 8. The molecule has 4 heteroatoms. The minimum atomic E-state index is 0.756. The average Bonchev–Trinajstić information content (AvgIpc) is 2.69. The van der Waals surface area contributed by atoms with Crippen molar-refractivity contribution in [2.45, 2.75) is 26.3 Å². The van der Waals surface area contributed by atoms with Crippen molar-refractivity contribution in [3.8, 4) is 0 Å².